The molecule has 7 aliphatic heterocycles. The molecule has 2 saturated heterocycles. The molecule has 0 saturated carbocycles. The van der Waals surface area contributed by atoms with Gasteiger partial charge in [-0.1, -0.05) is 55.2 Å². The van der Waals surface area contributed by atoms with E-state index in [4.69, 9.17) is 66.8 Å². The number of ether oxygens (including phenoxy) is 8. The Bertz CT molecular complexity index is 5460. The molecule has 674 valence electrons. The van der Waals surface area contributed by atoms with Gasteiger partial charge in [-0.3, -0.25) is 58.7 Å². The number of primary amides is 1. The number of carboxylic acid groups (broad SMARTS) is 1. The van der Waals surface area contributed by atoms with E-state index in [9.17, 15) is 95.3 Å². The number of aliphatic carboxylic acids is 1. The van der Waals surface area contributed by atoms with Crippen LogP contribution in [0.25, 0.3) is 11.1 Å². The maximum atomic E-state index is 16.3. The number of hydrogen-bond acceptors (Lipinski definition) is 31. The second kappa shape index (κ2) is 38.6. The SMILES string of the molecule is CC(C)C[C@H](C(=O)N[C@H]1C(=O)N[C@@H](CC(N)=O)C(=O)N[C@H]2C(=O)N[C@H]3C(=O)N[C@H](C(=O)N[C@H](C(=O)O)c4cc(O)cc(O)c4-c4cc3ccc4O)[C@H](O)c3ccc(c(Cl)c3)Oc3cc2cc(c3O[C@@H]2O[C@H](CO)[C@@H](O)[C@H](O)[C@H]2O[C@H]2C[C@](C)(NC(=O)OCc3ccc([N+](=O)[O-])cc3)[C@H](O)[C@H](C)O2)Oc2ccc(cc2Cl)[C@H]1O)N(C)C(=O)OCc1ccc([N+](=O)[O-])cc1. The number of aliphatic hydroxyl groups excluding tert-OH is 6. The van der Waals surface area contributed by atoms with Crippen LogP contribution in [0.2, 0.25) is 10.0 Å². The zero-order valence-corrected chi connectivity index (χ0v) is 68.9. The zero-order valence-electron chi connectivity index (χ0n) is 67.4. The van der Waals surface area contributed by atoms with Gasteiger partial charge >= 0.3 is 18.2 Å². The van der Waals surface area contributed by atoms with E-state index in [-0.39, 0.29) is 28.9 Å². The van der Waals surface area contributed by atoms with Crippen LogP contribution >= 0.6 is 23.2 Å². The molecule has 14 rings (SSSR count). The highest BCUT2D eigenvalue weighted by atomic mass is 35.5. The highest BCUT2D eigenvalue weighted by molar-refractivity contribution is 6.32. The van der Waals surface area contributed by atoms with E-state index in [1.165, 1.54) is 50.2 Å². The lowest BCUT2D eigenvalue weighted by atomic mass is 9.85. The van der Waals surface area contributed by atoms with Crippen molar-refractivity contribution in [2.75, 3.05) is 13.7 Å². The van der Waals surface area contributed by atoms with Crippen molar-refractivity contribution in [1.29, 1.82) is 0 Å². The van der Waals surface area contributed by atoms with Gasteiger partial charge in [0.15, 0.2) is 29.9 Å². The number of nitro benzene ring substituents is 2. The third-order valence-corrected chi connectivity index (χ3v) is 22.1. The summed E-state index contributed by atoms with van der Waals surface area (Å²) in [6.07, 6.45) is -23.8. The molecule has 43 nitrogen and oxygen atoms in total. The molecule has 0 aliphatic carbocycles. The van der Waals surface area contributed by atoms with Crippen molar-refractivity contribution in [2.45, 2.75) is 169 Å². The average molecular weight is 1810 g/mol. The van der Waals surface area contributed by atoms with Crippen LogP contribution in [0.15, 0.2) is 127 Å². The highest BCUT2D eigenvalue weighted by Gasteiger charge is 2.53. The Hall–Kier alpha value is -13.3. The molecular weight excluding hydrogens is 1720 g/mol. The lowest BCUT2D eigenvalue weighted by Crippen LogP contribution is -2.66. The first-order chi connectivity index (χ1) is 60.1. The van der Waals surface area contributed by atoms with E-state index >= 15 is 24.0 Å². The molecule has 127 heavy (non-hydrogen) atoms. The van der Waals surface area contributed by atoms with Crippen LogP contribution in [0, 0.1) is 26.1 Å². The number of hydrogen-bond donors (Lipinski definition) is 18. The third kappa shape index (κ3) is 20.8. The van der Waals surface area contributed by atoms with Gasteiger partial charge in [-0.2, -0.15) is 0 Å². The predicted octanol–water partition coefficient (Wildman–Crippen LogP) is 3.94. The number of carboxylic acids is 1. The van der Waals surface area contributed by atoms with E-state index in [0.717, 1.165) is 103 Å². The normalized spacial score (nSPS) is 25.5. The molecule has 11 bridgehead atoms. The Morgan fingerprint density at radius 1 is 0.661 bits per heavy atom. The molecule has 7 aliphatic rings. The van der Waals surface area contributed by atoms with Crippen molar-refractivity contribution in [3.05, 3.63) is 197 Å². The third-order valence-electron chi connectivity index (χ3n) is 21.5. The van der Waals surface area contributed by atoms with E-state index in [1.807, 2.05) is 0 Å². The zero-order chi connectivity index (χ0) is 92.2. The number of carbonyl (C=O) groups excluding carboxylic acids is 9. The van der Waals surface area contributed by atoms with Gasteiger partial charge < -0.3 is 132 Å². The number of amides is 9. The molecule has 2 fully saturated rings. The fourth-order valence-corrected chi connectivity index (χ4v) is 15.3. The van der Waals surface area contributed by atoms with Gasteiger partial charge in [0.2, 0.25) is 53.4 Å². The molecule has 19 N–H and O–H groups in total. The smallest absolute Gasteiger partial charge is 0.410 e. The van der Waals surface area contributed by atoms with Crippen LogP contribution in [-0.4, -0.2) is 218 Å². The molecule has 7 aromatic carbocycles. The number of nitrogens with two attached hydrogens (primary N) is 1. The summed E-state index contributed by atoms with van der Waals surface area (Å²) in [6, 6.07) is 6.91. The van der Waals surface area contributed by atoms with Crippen molar-refractivity contribution in [1.82, 2.24) is 42.1 Å². The molecule has 0 radical (unpaired) electrons. The number of nitrogens with one attached hydrogen (secondary N) is 7. The molecule has 0 spiro atoms. The number of halogens is 2. The van der Waals surface area contributed by atoms with Crippen LogP contribution in [0.3, 0.4) is 0 Å². The molecule has 45 heteroatoms. The minimum absolute atomic E-state index is 0.186. The number of phenols is 3. The van der Waals surface area contributed by atoms with Crippen LogP contribution in [0.5, 0.6) is 46.0 Å². The van der Waals surface area contributed by atoms with Crippen LogP contribution in [0.1, 0.15) is 116 Å². The maximum Gasteiger partial charge on any atom is 0.410 e. The molecule has 0 aromatic heterocycles. The number of carbonyl (C=O) groups is 10. The average Bonchev–Trinajstić information content (AvgIpc) is 0.764. The Balaban J connectivity index is 1.02. The fraction of sp³-hybridized carbons (Fsp3) is 0.366. The number of likely N-dealkylation sites (N-methyl/N-ethyl adjacent to an activating group) is 1. The monoisotopic (exact) mass is 1810 g/mol. The van der Waals surface area contributed by atoms with Gasteiger partial charge in [-0.15, -0.1) is 0 Å². The molecule has 0 unspecified atom stereocenters. The highest BCUT2D eigenvalue weighted by Crippen LogP contribution is 2.50. The number of non-ortho nitro benzene ring substituents is 2. The first kappa shape index (κ1) is 92.8. The number of fused-ring (bicyclic) bond motifs is 15. The lowest BCUT2D eigenvalue weighted by molar-refractivity contribution is -0.385. The largest absolute Gasteiger partial charge is 0.508 e. The van der Waals surface area contributed by atoms with Gasteiger partial charge in [0, 0.05) is 60.5 Å². The second-order valence-electron chi connectivity index (χ2n) is 31.0. The van der Waals surface area contributed by atoms with Crippen LogP contribution in [-0.2, 0) is 75.3 Å². The summed E-state index contributed by atoms with van der Waals surface area (Å²) >= 11 is 14.3. The summed E-state index contributed by atoms with van der Waals surface area (Å²) in [5.74, 6) is -18.2. The van der Waals surface area contributed by atoms with E-state index in [2.05, 4.69) is 37.2 Å². The van der Waals surface area contributed by atoms with Crippen molar-refractivity contribution in [2.24, 2.45) is 11.7 Å². The first-order valence-corrected chi connectivity index (χ1v) is 39.7. The molecule has 9 amide bonds. The van der Waals surface area contributed by atoms with Gasteiger partial charge in [0.25, 0.3) is 11.4 Å². The summed E-state index contributed by atoms with van der Waals surface area (Å²) < 4.78 is 49.8. The number of rotatable bonds is 20. The van der Waals surface area contributed by atoms with Gasteiger partial charge in [-0.25, -0.2) is 14.4 Å². The quantitative estimate of drug-likeness (QED) is 0.0379. The Morgan fingerprint density at radius 2 is 1.23 bits per heavy atom. The number of aliphatic hydroxyl groups is 6. The standard InChI is InChI=1S/C82H85Cl2N11O32/c1-33(2)20-49(93(5)81(115)121-32-36-8-15-42(16-9-36)95(118)119)73(107)90-63-65(101)38-11-18-52(46(83)22-38)123-54-24-40-25-55(69(54)127-79-70(68(104)67(103)56(30-96)125-79)126-58-29-82(4,71(105)34(3)122-58)92-80(114)120-31-35-6-13-41(14-7-35)94(116)117)124-53-19-12-39(23-47(53)84)66(102)64-77(111)89-62(78(112)113)45-26-43(97)27-51(99)59(45)44-21-37(10-17-50(44)98)60(74(108)91-64)88-75(109)61(40)87-72(106)48(28-57(85)100)86-76(63)110/h6-19,21-27,33-34,48-49,56,58,60-68,70-71,79,96-99,101-105H,20,28-32H2,1-5H3,(H2,85,100)(H,86,110)(H,87,106)(H,88,109)(H,89,111)(H,90,107)(H,91,108)(H,92,114)(H,112,113)/t34-,48-,49+,56+,58-,60+,61+,62-,63+,64-,65+,66+,67+,68-,70+,71+,79-,82-/m0/s1. The second-order valence-corrected chi connectivity index (χ2v) is 31.8. The molecule has 18 atom stereocenters. The summed E-state index contributed by atoms with van der Waals surface area (Å²) in [5.41, 5.74) is 0.675. The van der Waals surface area contributed by atoms with Crippen LogP contribution in [0.4, 0.5) is 21.0 Å². The summed E-state index contributed by atoms with van der Waals surface area (Å²) in [5, 5.41) is 155. The minimum atomic E-state index is -2.50. The molecule has 7 aromatic rings. The van der Waals surface area contributed by atoms with Gasteiger partial charge in [0.1, 0.15) is 115 Å². The van der Waals surface area contributed by atoms with Crippen molar-refractivity contribution in [3.8, 4) is 57.1 Å². The van der Waals surface area contributed by atoms with E-state index in [1.54, 1.807) is 13.8 Å². The number of benzene rings is 7. The van der Waals surface area contributed by atoms with Gasteiger partial charge in [-0.05, 0) is 138 Å². The van der Waals surface area contributed by atoms with Gasteiger partial charge in [0.05, 0.1) is 44.6 Å². The van der Waals surface area contributed by atoms with E-state index < -0.39 is 301 Å². The number of aromatic hydroxyl groups is 3. The minimum Gasteiger partial charge on any atom is -0.508 e. The topological polar surface area (TPSA) is 647 Å². The number of alkyl carbamates (subject to hydrolysis) is 1. The summed E-state index contributed by atoms with van der Waals surface area (Å²) in [7, 11) is 1.16. The first-order valence-electron chi connectivity index (χ1n) is 38.9. The van der Waals surface area contributed by atoms with Crippen molar-refractivity contribution in [3.63, 3.8) is 0 Å². The Labute approximate surface area is 728 Å². The lowest BCUT2D eigenvalue weighted by Gasteiger charge is -2.48. The molecule has 7 heterocycles. The number of nitrogens with zero attached hydrogens (tertiary/aromatic N) is 3. The number of nitro groups is 2. The Kier molecular flexibility index (Phi) is 28.2. The van der Waals surface area contributed by atoms with E-state index in [0.29, 0.717) is 11.1 Å². The van der Waals surface area contributed by atoms with Crippen LogP contribution < -0.4 is 57.2 Å². The van der Waals surface area contributed by atoms with Crippen molar-refractivity contribution < 1.29 is 147 Å². The summed E-state index contributed by atoms with van der Waals surface area (Å²) in [6.45, 7) is 4.09. The fourth-order valence-electron chi connectivity index (χ4n) is 14.9. The number of phenolic OH excluding ortho intramolecular Hbond substituents is 3. The Morgan fingerprint density at radius 3 is 1.80 bits per heavy atom. The van der Waals surface area contributed by atoms with Crippen molar-refractivity contribution >= 4 is 94.1 Å². The molecular formula is C82H85Cl2N11O32. The maximum absolute atomic E-state index is 16.3. The predicted molar refractivity (Wildman–Crippen MR) is 434 cm³/mol. The summed E-state index contributed by atoms with van der Waals surface area (Å²) in [4.78, 5) is 170.